The minimum Gasteiger partial charge on any atom is -0.494 e. The minimum absolute atomic E-state index is 0.0472. The molecule has 2 aromatic carbocycles. The normalized spacial score (nSPS) is 14.1. The summed E-state index contributed by atoms with van der Waals surface area (Å²) in [5.41, 5.74) is 2.15. The van der Waals surface area contributed by atoms with Crippen LogP contribution in [-0.4, -0.2) is 32.6 Å². The van der Waals surface area contributed by atoms with Crippen molar-refractivity contribution >= 4 is 46.4 Å². The Bertz CT molecular complexity index is 1750. The second-order valence-corrected chi connectivity index (χ2v) is 7.51. The molecule has 0 fully saturated rings. The first-order valence-corrected chi connectivity index (χ1v) is 9.97. The van der Waals surface area contributed by atoms with Crippen molar-refractivity contribution in [1.29, 1.82) is 0 Å². The highest BCUT2D eigenvalue weighted by Gasteiger charge is 2.18. The fraction of sp³-hybridized carbons (Fsp3) is 0.0400. The van der Waals surface area contributed by atoms with Gasteiger partial charge in [0, 0.05) is 23.1 Å². The molecule has 2 aromatic heterocycles. The van der Waals surface area contributed by atoms with Crippen LogP contribution in [-0.2, 0) is 4.79 Å². The number of aromatic nitrogens is 1. The van der Waals surface area contributed by atoms with Gasteiger partial charge < -0.3 is 14.6 Å². The van der Waals surface area contributed by atoms with E-state index in [1.54, 1.807) is 42.5 Å². The van der Waals surface area contributed by atoms with Gasteiger partial charge in [-0.25, -0.2) is 9.79 Å². The Labute approximate surface area is 185 Å². The maximum absolute atomic E-state index is 12.4. The van der Waals surface area contributed by atoms with Crippen molar-refractivity contribution in [1.82, 2.24) is 4.57 Å². The van der Waals surface area contributed by atoms with Crippen LogP contribution in [0, 0.1) is 0 Å². The van der Waals surface area contributed by atoms with E-state index >= 15 is 0 Å². The molecule has 0 atom stereocenters. The van der Waals surface area contributed by atoms with E-state index in [0.717, 1.165) is 0 Å². The van der Waals surface area contributed by atoms with Crippen molar-refractivity contribution in [3.8, 4) is 5.88 Å². The summed E-state index contributed by atoms with van der Waals surface area (Å²) in [6.45, 7) is 1.37. The van der Waals surface area contributed by atoms with Crippen LogP contribution in [0.15, 0.2) is 64.0 Å². The van der Waals surface area contributed by atoms with Gasteiger partial charge >= 0.3 is 5.97 Å². The molecule has 0 unspecified atom stereocenters. The number of rotatable bonds is 3. The lowest BCUT2D eigenvalue weighted by Crippen LogP contribution is -2.24. The summed E-state index contributed by atoms with van der Waals surface area (Å²) in [6, 6.07) is 14.8. The summed E-state index contributed by atoms with van der Waals surface area (Å²) in [5, 5.41) is 21.3. The third kappa shape index (κ3) is 3.34. The van der Waals surface area contributed by atoms with E-state index in [1.807, 2.05) is 6.07 Å². The molecule has 0 bridgehead atoms. The number of fused-ring (bicyclic) bond motifs is 2. The number of aromatic carboxylic acids is 1. The molecule has 5 rings (SSSR count). The predicted molar refractivity (Wildman–Crippen MR) is 118 cm³/mol. The lowest BCUT2D eigenvalue weighted by molar-refractivity contribution is -0.112. The Morgan fingerprint density at radius 2 is 1.76 bits per heavy atom. The van der Waals surface area contributed by atoms with E-state index in [0.29, 0.717) is 43.4 Å². The van der Waals surface area contributed by atoms with Crippen molar-refractivity contribution in [3.05, 3.63) is 87.1 Å². The van der Waals surface area contributed by atoms with Crippen LogP contribution in [0.1, 0.15) is 27.6 Å². The Balaban J connectivity index is 1.64. The standard InChI is InChI=1S/C25H16N2O6/c1-13(28)27-22-5-3-2-4-18(22)20(24(27)30)12-16-8-7-15(33-16)11-19-17-9-6-14(25(31)32)10-21(17)26-23(19)29/h2-12,30H,1H3,(H,31,32). The number of amides is 1. The highest BCUT2D eigenvalue weighted by atomic mass is 16.4. The van der Waals surface area contributed by atoms with Gasteiger partial charge in [0.05, 0.1) is 22.0 Å². The zero-order valence-electron chi connectivity index (χ0n) is 17.3. The van der Waals surface area contributed by atoms with Crippen LogP contribution in [0.5, 0.6) is 5.88 Å². The van der Waals surface area contributed by atoms with Crippen molar-refractivity contribution < 1.29 is 29.0 Å². The number of hydrogen-bond donors (Lipinski definition) is 2. The van der Waals surface area contributed by atoms with Gasteiger partial charge in [-0.3, -0.25) is 14.2 Å². The summed E-state index contributed by atoms with van der Waals surface area (Å²) in [4.78, 5) is 39.5. The van der Waals surface area contributed by atoms with E-state index in [9.17, 15) is 19.5 Å². The largest absolute Gasteiger partial charge is 0.494 e. The first-order chi connectivity index (χ1) is 15.8. The molecule has 162 valence electrons. The summed E-state index contributed by atoms with van der Waals surface area (Å²) in [6.07, 6.45) is 3.15. The number of carboxylic acid groups (broad SMARTS) is 1. The summed E-state index contributed by atoms with van der Waals surface area (Å²) >= 11 is 0. The fourth-order valence-electron chi connectivity index (χ4n) is 3.93. The van der Waals surface area contributed by atoms with Gasteiger partial charge in [-0.15, -0.1) is 0 Å². The van der Waals surface area contributed by atoms with E-state index in [1.165, 1.54) is 29.7 Å². The third-order valence-electron chi connectivity index (χ3n) is 5.41. The lowest BCUT2D eigenvalue weighted by atomic mass is 10.1. The Hall–Kier alpha value is -4.72. The number of carbonyl (C=O) groups is 3. The van der Waals surface area contributed by atoms with Gasteiger partial charge in [0.25, 0.3) is 5.91 Å². The molecule has 3 heterocycles. The van der Waals surface area contributed by atoms with Crippen LogP contribution in [0.4, 0.5) is 0 Å². The average Bonchev–Trinajstić information content (AvgIpc) is 3.43. The molecule has 1 aliphatic heterocycles. The highest BCUT2D eigenvalue weighted by Crippen LogP contribution is 2.31. The molecule has 33 heavy (non-hydrogen) atoms. The number of carboxylic acids is 1. The number of para-hydroxylation sites is 1. The molecular formula is C25H16N2O6. The van der Waals surface area contributed by atoms with E-state index in [2.05, 4.69) is 4.99 Å². The third-order valence-corrected chi connectivity index (χ3v) is 5.41. The van der Waals surface area contributed by atoms with Crippen molar-refractivity contribution in [3.63, 3.8) is 0 Å². The lowest BCUT2D eigenvalue weighted by Gasteiger charge is -2.00. The zero-order valence-corrected chi connectivity index (χ0v) is 17.3. The van der Waals surface area contributed by atoms with Crippen molar-refractivity contribution in [2.24, 2.45) is 4.99 Å². The van der Waals surface area contributed by atoms with Crippen molar-refractivity contribution in [2.75, 3.05) is 0 Å². The molecule has 0 radical (unpaired) electrons. The smallest absolute Gasteiger partial charge is 0.335 e. The Kier molecular flexibility index (Phi) is 4.56. The van der Waals surface area contributed by atoms with Gasteiger partial charge in [-0.1, -0.05) is 24.3 Å². The molecule has 4 aromatic rings. The number of nitrogens with zero attached hydrogens (tertiary/aromatic N) is 2. The van der Waals surface area contributed by atoms with Crippen LogP contribution >= 0.6 is 0 Å². The van der Waals surface area contributed by atoms with Gasteiger partial charge in [0.15, 0.2) is 0 Å². The van der Waals surface area contributed by atoms with Gasteiger partial charge in [0.2, 0.25) is 11.8 Å². The summed E-state index contributed by atoms with van der Waals surface area (Å²) in [5.74, 6) is -2.09. The summed E-state index contributed by atoms with van der Waals surface area (Å²) in [7, 11) is 0. The van der Waals surface area contributed by atoms with Gasteiger partial charge in [-0.2, -0.15) is 0 Å². The minimum atomic E-state index is -1.10. The second kappa shape index (κ2) is 7.45. The number of carbonyl (C=O) groups excluding carboxylic acids is 2. The predicted octanol–water partition coefficient (Wildman–Crippen LogP) is 0.918. The first kappa shape index (κ1) is 20.2. The fourth-order valence-corrected chi connectivity index (χ4v) is 3.93. The molecule has 1 aliphatic rings. The molecule has 2 N–H and O–H groups in total. The zero-order chi connectivity index (χ0) is 23.3. The highest BCUT2D eigenvalue weighted by molar-refractivity contribution is 6.25. The van der Waals surface area contributed by atoms with E-state index in [4.69, 9.17) is 9.52 Å². The van der Waals surface area contributed by atoms with Crippen LogP contribution in [0.25, 0.3) is 28.6 Å². The maximum atomic E-state index is 12.4. The van der Waals surface area contributed by atoms with Crippen LogP contribution in [0.3, 0.4) is 0 Å². The Morgan fingerprint density at radius 1 is 1.03 bits per heavy atom. The van der Waals surface area contributed by atoms with Crippen molar-refractivity contribution in [2.45, 2.75) is 6.92 Å². The topological polar surface area (TPSA) is 122 Å². The number of aromatic hydroxyl groups is 1. The molecular weight excluding hydrogens is 424 g/mol. The monoisotopic (exact) mass is 440 g/mol. The second-order valence-electron chi connectivity index (χ2n) is 7.51. The molecule has 8 heteroatoms. The maximum Gasteiger partial charge on any atom is 0.335 e. The molecule has 0 saturated heterocycles. The molecule has 0 saturated carbocycles. The molecule has 1 amide bonds. The van der Waals surface area contributed by atoms with E-state index in [-0.39, 0.29) is 17.4 Å². The number of furan rings is 1. The molecule has 8 nitrogen and oxygen atoms in total. The number of benzene rings is 2. The summed E-state index contributed by atoms with van der Waals surface area (Å²) < 4.78 is 7.05. The van der Waals surface area contributed by atoms with Crippen LogP contribution in [0.2, 0.25) is 0 Å². The SMILES string of the molecule is CC(=O)n1c(O)c(C=c2ccc(=CC3=c4ccc(C(=O)O)cc4=NC3=O)o2)c2ccccc21. The van der Waals surface area contributed by atoms with Crippen LogP contribution < -0.4 is 21.4 Å². The quantitative estimate of drug-likeness (QED) is 0.489. The molecule has 0 aliphatic carbocycles. The average molecular weight is 440 g/mol. The Morgan fingerprint density at radius 3 is 2.48 bits per heavy atom. The molecule has 0 spiro atoms. The van der Waals surface area contributed by atoms with Gasteiger partial charge in [0.1, 0.15) is 10.8 Å². The number of hydrogen-bond acceptors (Lipinski definition) is 5. The van der Waals surface area contributed by atoms with E-state index < -0.39 is 11.9 Å². The van der Waals surface area contributed by atoms with Gasteiger partial charge in [-0.05, 0) is 42.5 Å². The first-order valence-electron chi connectivity index (χ1n) is 9.97.